The van der Waals surface area contributed by atoms with Gasteiger partial charge in [-0.15, -0.1) is 0 Å². The Balaban J connectivity index is 1.70. The number of nitrogens with zero attached hydrogens (tertiary/aromatic N) is 1. The molecule has 0 atom stereocenters. The summed E-state index contributed by atoms with van der Waals surface area (Å²) in [5.74, 6) is 0.648. The Kier molecular flexibility index (Phi) is 3.34. The quantitative estimate of drug-likeness (QED) is 0.864. The Labute approximate surface area is 120 Å². The van der Waals surface area contributed by atoms with Crippen molar-refractivity contribution in [2.24, 2.45) is 5.92 Å². The fraction of sp³-hybridized carbons (Fsp3) is 0.200. The Hall–Kier alpha value is -1.68. The maximum absolute atomic E-state index is 12.2. The monoisotopic (exact) mass is 316 g/mol. The molecule has 0 spiro atoms. The number of halogens is 1. The van der Waals surface area contributed by atoms with E-state index >= 15 is 0 Å². The van der Waals surface area contributed by atoms with E-state index in [0.717, 1.165) is 17.4 Å². The Morgan fingerprint density at radius 2 is 1.79 bits per heavy atom. The van der Waals surface area contributed by atoms with Gasteiger partial charge in [-0.3, -0.25) is 4.79 Å². The van der Waals surface area contributed by atoms with E-state index in [-0.39, 0.29) is 11.8 Å². The number of pyridine rings is 1. The summed E-state index contributed by atoms with van der Waals surface area (Å²) in [5.41, 5.74) is 2.56. The number of aromatic nitrogens is 1. The molecule has 0 saturated heterocycles. The van der Waals surface area contributed by atoms with Gasteiger partial charge < -0.3 is 5.32 Å². The molecule has 0 bridgehead atoms. The van der Waals surface area contributed by atoms with E-state index in [9.17, 15) is 4.79 Å². The highest BCUT2D eigenvalue weighted by molar-refractivity contribution is 9.10. The molecule has 3 rings (SSSR count). The molecule has 1 N–H and O–H groups in total. The van der Waals surface area contributed by atoms with Crippen LogP contribution in [0.1, 0.15) is 11.1 Å². The fourth-order valence-corrected chi connectivity index (χ4v) is 2.79. The van der Waals surface area contributed by atoms with Crippen molar-refractivity contribution in [3.05, 3.63) is 58.2 Å². The molecule has 0 saturated carbocycles. The van der Waals surface area contributed by atoms with Crippen molar-refractivity contribution in [2.75, 3.05) is 5.32 Å². The second kappa shape index (κ2) is 5.13. The summed E-state index contributed by atoms with van der Waals surface area (Å²) in [6, 6.07) is 13.7. The number of hydrogen-bond acceptors (Lipinski definition) is 2. The van der Waals surface area contributed by atoms with Crippen LogP contribution in [0.3, 0.4) is 0 Å². The number of fused-ring (bicyclic) bond motifs is 1. The van der Waals surface area contributed by atoms with Crippen LogP contribution in [-0.4, -0.2) is 10.9 Å². The summed E-state index contributed by atoms with van der Waals surface area (Å²) in [5, 5.41) is 2.88. The van der Waals surface area contributed by atoms with E-state index in [1.54, 1.807) is 6.07 Å². The number of nitrogens with one attached hydrogen (secondary N) is 1. The van der Waals surface area contributed by atoms with E-state index in [1.807, 2.05) is 24.3 Å². The predicted molar refractivity (Wildman–Crippen MR) is 77.9 cm³/mol. The normalized spacial score (nSPS) is 14.2. The van der Waals surface area contributed by atoms with Gasteiger partial charge in [-0.1, -0.05) is 30.3 Å². The molecule has 0 unspecified atom stereocenters. The standard InChI is InChI=1S/C15H13BrN2O/c16-13-6-3-7-14(17-13)18-15(19)12-8-10-4-1-2-5-11(10)9-12/h1-7,12H,8-9H2,(H,17,18,19). The SMILES string of the molecule is O=C(Nc1cccc(Br)n1)C1Cc2ccccc2C1. The first-order valence-electron chi connectivity index (χ1n) is 6.22. The summed E-state index contributed by atoms with van der Waals surface area (Å²) in [7, 11) is 0. The lowest BCUT2D eigenvalue weighted by molar-refractivity contribution is -0.119. The van der Waals surface area contributed by atoms with Crippen LogP contribution in [0, 0.1) is 5.92 Å². The van der Waals surface area contributed by atoms with Crippen LogP contribution in [0.25, 0.3) is 0 Å². The largest absolute Gasteiger partial charge is 0.310 e. The van der Waals surface area contributed by atoms with Crippen molar-refractivity contribution in [2.45, 2.75) is 12.8 Å². The Morgan fingerprint density at radius 3 is 2.42 bits per heavy atom. The zero-order chi connectivity index (χ0) is 13.2. The van der Waals surface area contributed by atoms with Gasteiger partial charge in [0.1, 0.15) is 10.4 Å². The number of carbonyl (C=O) groups is 1. The molecule has 0 fully saturated rings. The van der Waals surface area contributed by atoms with Crippen molar-refractivity contribution < 1.29 is 4.79 Å². The number of rotatable bonds is 2. The van der Waals surface area contributed by atoms with Crippen LogP contribution >= 0.6 is 15.9 Å². The number of anilines is 1. The molecule has 0 radical (unpaired) electrons. The second-order valence-electron chi connectivity index (χ2n) is 4.71. The van der Waals surface area contributed by atoms with Crippen molar-refractivity contribution in [1.82, 2.24) is 4.98 Å². The van der Waals surface area contributed by atoms with Crippen LogP contribution in [0.2, 0.25) is 0 Å². The second-order valence-corrected chi connectivity index (χ2v) is 5.52. The zero-order valence-corrected chi connectivity index (χ0v) is 11.9. The van der Waals surface area contributed by atoms with Crippen LogP contribution in [-0.2, 0) is 17.6 Å². The summed E-state index contributed by atoms with van der Waals surface area (Å²) in [4.78, 5) is 16.4. The molecule has 1 aliphatic carbocycles. The van der Waals surface area contributed by atoms with Crippen molar-refractivity contribution in [3.8, 4) is 0 Å². The van der Waals surface area contributed by atoms with Crippen molar-refractivity contribution in [1.29, 1.82) is 0 Å². The van der Waals surface area contributed by atoms with Crippen LogP contribution in [0.4, 0.5) is 5.82 Å². The van der Waals surface area contributed by atoms with Crippen LogP contribution < -0.4 is 5.32 Å². The smallest absolute Gasteiger partial charge is 0.229 e. The Morgan fingerprint density at radius 1 is 1.11 bits per heavy atom. The van der Waals surface area contributed by atoms with Gasteiger partial charge in [0.15, 0.2) is 0 Å². The highest BCUT2D eigenvalue weighted by Gasteiger charge is 2.27. The third kappa shape index (κ3) is 2.68. The zero-order valence-electron chi connectivity index (χ0n) is 10.3. The maximum atomic E-state index is 12.2. The first-order chi connectivity index (χ1) is 9.22. The minimum absolute atomic E-state index is 0.0122. The van der Waals surface area contributed by atoms with E-state index in [1.165, 1.54) is 11.1 Å². The molecule has 2 aromatic rings. The summed E-state index contributed by atoms with van der Waals surface area (Å²) >= 11 is 3.30. The average molecular weight is 317 g/mol. The molecule has 0 aliphatic heterocycles. The van der Waals surface area contributed by atoms with Gasteiger partial charge in [0, 0.05) is 5.92 Å². The van der Waals surface area contributed by atoms with Crippen molar-refractivity contribution in [3.63, 3.8) is 0 Å². The van der Waals surface area contributed by atoms with E-state index in [4.69, 9.17) is 0 Å². The van der Waals surface area contributed by atoms with Gasteiger partial charge in [0.05, 0.1) is 0 Å². The van der Waals surface area contributed by atoms with Gasteiger partial charge in [0.25, 0.3) is 0 Å². The molecule has 1 aromatic heterocycles. The summed E-state index contributed by atoms with van der Waals surface area (Å²) < 4.78 is 0.722. The third-order valence-corrected chi connectivity index (χ3v) is 3.83. The van der Waals surface area contributed by atoms with E-state index in [2.05, 4.69) is 38.4 Å². The molecule has 1 heterocycles. The summed E-state index contributed by atoms with van der Waals surface area (Å²) in [6.07, 6.45) is 1.63. The fourth-order valence-electron chi connectivity index (χ4n) is 2.45. The van der Waals surface area contributed by atoms with E-state index < -0.39 is 0 Å². The number of amides is 1. The molecular weight excluding hydrogens is 304 g/mol. The number of benzene rings is 1. The minimum atomic E-state index is 0.0122. The molecule has 3 nitrogen and oxygen atoms in total. The van der Waals surface area contributed by atoms with Gasteiger partial charge >= 0.3 is 0 Å². The molecule has 1 aliphatic rings. The molecule has 1 amide bonds. The molecular formula is C15H13BrN2O. The molecule has 19 heavy (non-hydrogen) atoms. The molecule has 1 aromatic carbocycles. The lowest BCUT2D eigenvalue weighted by Gasteiger charge is -2.09. The van der Waals surface area contributed by atoms with Gasteiger partial charge in [-0.05, 0) is 52.0 Å². The van der Waals surface area contributed by atoms with E-state index in [0.29, 0.717) is 5.82 Å². The van der Waals surface area contributed by atoms with Gasteiger partial charge in [0.2, 0.25) is 5.91 Å². The van der Waals surface area contributed by atoms with Crippen LogP contribution in [0.15, 0.2) is 47.1 Å². The van der Waals surface area contributed by atoms with Gasteiger partial charge in [-0.2, -0.15) is 0 Å². The first-order valence-corrected chi connectivity index (χ1v) is 7.02. The maximum Gasteiger partial charge on any atom is 0.229 e. The minimum Gasteiger partial charge on any atom is -0.310 e. The highest BCUT2D eigenvalue weighted by atomic mass is 79.9. The molecule has 4 heteroatoms. The number of hydrogen-bond donors (Lipinski definition) is 1. The Bertz CT molecular complexity index is 602. The average Bonchev–Trinajstić information content (AvgIpc) is 2.82. The molecule has 96 valence electrons. The van der Waals surface area contributed by atoms with Crippen molar-refractivity contribution >= 4 is 27.7 Å². The third-order valence-electron chi connectivity index (χ3n) is 3.39. The van der Waals surface area contributed by atoms with Crippen LogP contribution in [0.5, 0.6) is 0 Å². The highest BCUT2D eigenvalue weighted by Crippen LogP contribution is 2.27. The predicted octanol–water partition coefficient (Wildman–Crippen LogP) is 3.20. The number of carbonyl (C=O) groups excluding carboxylic acids is 1. The topological polar surface area (TPSA) is 42.0 Å². The lowest BCUT2D eigenvalue weighted by atomic mass is 10.1. The lowest BCUT2D eigenvalue weighted by Crippen LogP contribution is -2.23. The van der Waals surface area contributed by atoms with Gasteiger partial charge in [-0.25, -0.2) is 4.98 Å². The summed E-state index contributed by atoms with van der Waals surface area (Å²) in [6.45, 7) is 0. The first kappa shape index (κ1) is 12.4.